The summed E-state index contributed by atoms with van der Waals surface area (Å²) < 4.78 is 6.86. The van der Waals surface area contributed by atoms with Crippen molar-refractivity contribution in [1.29, 1.82) is 0 Å². The van der Waals surface area contributed by atoms with Crippen molar-refractivity contribution >= 4 is 11.6 Å². The molecule has 5 heteroatoms. The molecule has 108 valence electrons. The van der Waals surface area contributed by atoms with Gasteiger partial charge >= 0.3 is 0 Å². The van der Waals surface area contributed by atoms with Crippen molar-refractivity contribution in [2.24, 2.45) is 7.05 Å². The predicted molar refractivity (Wildman–Crippen MR) is 81.2 cm³/mol. The number of halogens is 1. The fourth-order valence-corrected chi connectivity index (χ4v) is 2.38. The Hall–Kier alpha value is -1.52. The van der Waals surface area contributed by atoms with Crippen LogP contribution in [0.3, 0.4) is 0 Å². The highest BCUT2D eigenvalue weighted by Crippen LogP contribution is 2.21. The summed E-state index contributed by atoms with van der Waals surface area (Å²) in [4.78, 5) is 0. The van der Waals surface area contributed by atoms with E-state index in [1.807, 2.05) is 26.1 Å². The highest BCUT2D eigenvalue weighted by molar-refractivity contribution is 6.30. The summed E-state index contributed by atoms with van der Waals surface area (Å²) >= 11 is 6.23. The number of aryl methyl sites for hydroxylation is 2. The van der Waals surface area contributed by atoms with E-state index in [9.17, 15) is 0 Å². The van der Waals surface area contributed by atoms with E-state index < -0.39 is 0 Å². The molecule has 1 aromatic carbocycles. The summed E-state index contributed by atoms with van der Waals surface area (Å²) in [6.45, 7) is 4.80. The fourth-order valence-electron chi connectivity index (χ4n) is 2.14. The Bertz CT molecular complexity index is 578. The second kappa shape index (κ2) is 6.29. The summed E-state index contributed by atoms with van der Waals surface area (Å²) in [7, 11) is 3.52. The van der Waals surface area contributed by atoms with Gasteiger partial charge in [0.25, 0.3) is 0 Å². The molecule has 0 aliphatic carbocycles. The Kier molecular flexibility index (Phi) is 4.68. The van der Waals surface area contributed by atoms with Crippen molar-refractivity contribution in [2.45, 2.75) is 26.4 Å². The van der Waals surface area contributed by atoms with Crippen LogP contribution < -0.4 is 10.1 Å². The average Bonchev–Trinajstić information content (AvgIpc) is 2.70. The third kappa shape index (κ3) is 3.14. The lowest BCUT2D eigenvalue weighted by Gasteiger charge is -2.14. The lowest BCUT2D eigenvalue weighted by Crippen LogP contribution is -2.18. The van der Waals surface area contributed by atoms with E-state index in [1.165, 1.54) is 5.56 Å². The molecule has 0 radical (unpaired) electrons. The first-order valence-corrected chi connectivity index (χ1v) is 6.96. The molecular weight excluding hydrogens is 274 g/mol. The van der Waals surface area contributed by atoms with Gasteiger partial charge in [-0.3, -0.25) is 4.68 Å². The van der Waals surface area contributed by atoms with Crippen LogP contribution in [0.25, 0.3) is 0 Å². The average molecular weight is 294 g/mol. The first-order valence-electron chi connectivity index (χ1n) is 6.58. The zero-order valence-electron chi connectivity index (χ0n) is 12.3. The van der Waals surface area contributed by atoms with Crippen LogP contribution in [0.5, 0.6) is 5.75 Å². The van der Waals surface area contributed by atoms with Gasteiger partial charge in [0.15, 0.2) is 0 Å². The summed E-state index contributed by atoms with van der Waals surface area (Å²) in [5.41, 5.74) is 3.23. The van der Waals surface area contributed by atoms with Gasteiger partial charge in [0.2, 0.25) is 0 Å². The number of nitrogens with one attached hydrogen (secondary N) is 1. The Morgan fingerprint density at radius 2 is 2.00 bits per heavy atom. The summed E-state index contributed by atoms with van der Waals surface area (Å²) in [6.07, 6.45) is 0. The molecule has 0 fully saturated rings. The second-order valence-electron chi connectivity index (χ2n) is 4.85. The first kappa shape index (κ1) is 14.9. The van der Waals surface area contributed by atoms with E-state index in [-0.39, 0.29) is 6.04 Å². The smallest absolute Gasteiger partial charge is 0.131 e. The monoisotopic (exact) mass is 293 g/mol. The molecule has 0 bridgehead atoms. The van der Waals surface area contributed by atoms with Gasteiger partial charge < -0.3 is 10.1 Å². The number of ether oxygens (including phenoxy) is 1. The largest absolute Gasteiger partial charge is 0.497 e. The van der Waals surface area contributed by atoms with Crippen molar-refractivity contribution in [1.82, 2.24) is 15.1 Å². The van der Waals surface area contributed by atoms with Crippen LogP contribution in [0.4, 0.5) is 0 Å². The van der Waals surface area contributed by atoms with Gasteiger partial charge in [-0.25, -0.2) is 0 Å². The SMILES string of the molecule is COc1ccc(C(C)NCc2c(C)nn(C)c2Cl)cc1. The summed E-state index contributed by atoms with van der Waals surface area (Å²) in [5, 5.41) is 8.47. The predicted octanol–water partition coefficient (Wildman–Crippen LogP) is 3.24. The number of hydrogen-bond acceptors (Lipinski definition) is 3. The Morgan fingerprint density at radius 1 is 1.35 bits per heavy atom. The van der Waals surface area contributed by atoms with Crippen LogP contribution in [0.2, 0.25) is 5.15 Å². The van der Waals surface area contributed by atoms with Crippen LogP contribution in [0.15, 0.2) is 24.3 Å². The quantitative estimate of drug-likeness (QED) is 0.920. The van der Waals surface area contributed by atoms with E-state index in [4.69, 9.17) is 16.3 Å². The first-order chi connectivity index (χ1) is 9.52. The highest BCUT2D eigenvalue weighted by Gasteiger charge is 2.12. The standard InChI is InChI=1S/C15H20ClN3O/c1-10(12-5-7-13(20-4)8-6-12)17-9-14-11(2)18-19(3)15(14)16/h5-8,10,17H,9H2,1-4H3. The number of methoxy groups -OCH3 is 1. The zero-order chi connectivity index (χ0) is 14.7. The normalized spacial score (nSPS) is 12.4. The molecule has 2 rings (SSSR count). The summed E-state index contributed by atoms with van der Waals surface area (Å²) in [6, 6.07) is 8.30. The minimum Gasteiger partial charge on any atom is -0.497 e. The summed E-state index contributed by atoms with van der Waals surface area (Å²) in [5.74, 6) is 0.868. The molecule has 1 atom stereocenters. The third-order valence-corrected chi connectivity index (χ3v) is 3.94. The molecular formula is C15H20ClN3O. The molecule has 1 heterocycles. The molecule has 1 aromatic heterocycles. The Labute approximate surface area is 124 Å². The van der Waals surface area contributed by atoms with Gasteiger partial charge in [-0.15, -0.1) is 0 Å². The number of benzene rings is 1. The maximum Gasteiger partial charge on any atom is 0.131 e. The third-order valence-electron chi connectivity index (χ3n) is 3.47. The topological polar surface area (TPSA) is 39.1 Å². The molecule has 0 saturated carbocycles. The molecule has 4 nitrogen and oxygen atoms in total. The van der Waals surface area contributed by atoms with Gasteiger partial charge in [-0.05, 0) is 31.5 Å². The van der Waals surface area contributed by atoms with Crippen LogP contribution in [0.1, 0.15) is 29.8 Å². The zero-order valence-corrected chi connectivity index (χ0v) is 13.0. The van der Waals surface area contributed by atoms with Crippen LogP contribution >= 0.6 is 11.6 Å². The van der Waals surface area contributed by atoms with E-state index in [0.717, 1.165) is 17.0 Å². The molecule has 2 aromatic rings. The molecule has 0 saturated heterocycles. The van der Waals surface area contributed by atoms with Crippen molar-refractivity contribution in [2.75, 3.05) is 7.11 Å². The fraction of sp³-hybridized carbons (Fsp3) is 0.400. The van der Waals surface area contributed by atoms with Crippen molar-refractivity contribution in [3.8, 4) is 5.75 Å². The second-order valence-corrected chi connectivity index (χ2v) is 5.21. The Balaban J connectivity index is 2.02. The molecule has 1 N–H and O–H groups in total. The maximum absolute atomic E-state index is 6.23. The van der Waals surface area contributed by atoms with Crippen LogP contribution in [-0.4, -0.2) is 16.9 Å². The molecule has 0 aliphatic heterocycles. The maximum atomic E-state index is 6.23. The van der Waals surface area contributed by atoms with Gasteiger partial charge in [-0.2, -0.15) is 5.10 Å². The number of aromatic nitrogens is 2. The van der Waals surface area contributed by atoms with Crippen LogP contribution in [0, 0.1) is 6.92 Å². The molecule has 20 heavy (non-hydrogen) atoms. The molecule has 0 spiro atoms. The van der Waals surface area contributed by atoms with E-state index in [2.05, 4.69) is 29.5 Å². The lowest BCUT2D eigenvalue weighted by molar-refractivity contribution is 0.414. The lowest BCUT2D eigenvalue weighted by atomic mass is 10.1. The van der Waals surface area contributed by atoms with Gasteiger partial charge in [0, 0.05) is 25.2 Å². The van der Waals surface area contributed by atoms with Crippen molar-refractivity contribution in [3.63, 3.8) is 0 Å². The Morgan fingerprint density at radius 3 is 2.50 bits per heavy atom. The van der Waals surface area contributed by atoms with E-state index >= 15 is 0 Å². The number of nitrogens with zero attached hydrogens (tertiary/aromatic N) is 2. The van der Waals surface area contributed by atoms with Gasteiger partial charge in [-0.1, -0.05) is 23.7 Å². The highest BCUT2D eigenvalue weighted by atomic mass is 35.5. The molecule has 0 amide bonds. The number of rotatable bonds is 5. The molecule has 1 unspecified atom stereocenters. The van der Waals surface area contributed by atoms with E-state index in [1.54, 1.807) is 11.8 Å². The van der Waals surface area contributed by atoms with Crippen LogP contribution in [-0.2, 0) is 13.6 Å². The van der Waals surface area contributed by atoms with Crippen molar-refractivity contribution in [3.05, 3.63) is 46.2 Å². The minimum atomic E-state index is 0.233. The van der Waals surface area contributed by atoms with Crippen molar-refractivity contribution < 1.29 is 4.74 Å². The van der Waals surface area contributed by atoms with Gasteiger partial charge in [0.05, 0.1) is 12.8 Å². The van der Waals surface area contributed by atoms with E-state index in [0.29, 0.717) is 11.7 Å². The van der Waals surface area contributed by atoms with Gasteiger partial charge in [0.1, 0.15) is 10.9 Å². The number of hydrogen-bond donors (Lipinski definition) is 1. The minimum absolute atomic E-state index is 0.233. The molecule has 0 aliphatic rings.